The molecule has 2 rings (SSSR count). The molecule has 4 nitrogen and oxygen atoms in total. The first-order valence-electron chi connectivity index (χ1n) is 8.90. The third-order valence-corrected chi connectivity index (χ3v) is 5.36. The molecule has 23 heavy (non-hydrogen) atoms. The minimum Gasteiger partial charge on any atom is -0.357 e. The number of nitrogens with zero attached hydrogens (tertiary/aromatic N) is 2. The number of hydrogen-bond donors (Lipinski definition) is 2. The number of hydrogen-bond acceptors (Lipinski definition) is 3. The van der Waals surface area contributed by atoms with Crippen LogP contribution in [-0.2, 0) is 6.54 Å². The number of piperidine rings is 1. The first-order valence-corrected chi connectivity index (χ1v) is 9.71. The number of nitrogens with one attached hydrogen (secondary N) is 2. The average molecular weight is 337 g/mol. The Kier molecular flexibility index (Phi) is 7.37. The molecule has 1 aliphatic rings. The van der Waals surface area contributed by atoms with Gasteiger partial charge in [-0.05, 0) is 65.1 Å². The van der Waals surface area contributed by atoms with Gasteiger partial charge in [0.1, 0.15) is 0 Å². The molecule has 1 aromatic heterocycles. The van der Waals surface area contributed by atoms with E-state index in [-0.39, 0.29) is 0 Å². The maximum Gasteiger partial charge on any atom is 0.191 e. The van der Waals surface area contributed by atoms with Crippen molar-refractivity contribution >= 4 is 17.3 Å². The van der Waals surface area contributed by atoms with Crippen molar-refractivity contribution in [3.05, 3.63) is 21.9 Å². The van der Waals surface area contributed by atoms with E-state index in [2.05, 4.69) is 55.4 Å². The summed E-state index contributed by atoms with van der Waals surface area (Å²) in [6.07, 6.45) is 2.63. The lowest BCUT2D eigenvalue weighted by molar-refractivity contribution is 0.141. The van der Waals surface area contributed by atoms with Crippen LogP contribution in [0.15, 0.2) is 17.1 Å². The molecular formula is C18H32N4S. The van der Waals surface area contributed by atoms with Gasteiger partial charge in [0.25, 0.3) is 0 Å². The molecule has 0 bridgehead atoms. The summed E-state index contributed by atoms with van der Waals surface area (Å²) in [7, 11) is 0. The maximum atomic E-state index is 4.73. The molecule has 0 radical (unpaired) electrons. The van der Waals surface area contributed by atoms with Crippen LogP contribution in [0.25, 0.3) is 0 Å². The van der Waals surface area contributed by atoms with Gasteiger partial charge in [0, 0.05) is 35.4 Å². The Morgan fingerprint density at radius 1 is 1.39 bits per heavy atom. The van der Waals surface area contributed by atoms with Gasteiger partial charge in [0.2, 0.25) is 0 Å². The van der Waals surface area contributed by atoms with Gasteiger partial charge in [-0.25, -0.2) is 4.99 Å². The number of likely N-dealkylation sites (tertiary alicyclic amines) is 1. The first kappa shape index (κ1) is 18.3. The number of rotatable bonds is 6. The van der Waals surface area contributed by atoms with E-state index in [0.717, 1.165) is 31.5 Å². The van der Waals surface area contributed by atoms with E-state index in [9.17, 15) is 0 Å². The van der Waals surface area contributed by atoms with Crippen LogP contribution >= 0.6 is 11.3 Å². The molecule has 1 unspecified atom stereocenters. The molecule has 1 aromatic rings. The Hall–Kier alpha value is -1.07. The average Bonchev–Trinajstić information content (AvgIpc) is 2.96. The van der Waals surface area contributed by atoms with Crippen molar-refractivity contribution in [3.63, 3.8) is 0 Å². The van der Waals surface area contributed by atoms with E-state index >= 15 is 0 Å². The zero-order chi connectivity index (χ0) is 16.7. The molecule has 130 valence electrons. The van der Waals surface area contributed by atoms with Crippen LogP contribution in [0, 0.1) is 12.8 Å². The summed E-state index contributed by atoms with van der Waals surface area (Å²) in [4.78, 5) is 9.99. The van der Waals surface area contributed by atoms with Gasteiger partial charge in [-0.15, -0.1) is 11.3 Å². The van der Waals surface area contributed by atoms with Crippen LogP contribution in [0.2, 0.25) is 0 Å². The van der Waals surface area contributed by atoms with Crippen molar-refractivity contribution in [2.24, 2.45) is 10.9 Å². The van der Waals surface area contributed by atoms with E-state index in [1.807, 2.05) is 11.3 Å². The second-order valence-electron chi connectivity index (χ2n) is 6.69. The summed E-state index contributed by atoms with van der Waals surface area (Å²) >= 11 is 1.83. The Balaban J connectivity index is 1.84. The van der Waals surface area contributed by atoms with Gasteiger partial charge >= 0.3 is 0 Å². The summed E-state index contributed by atoms with van der Waals surface area (Å²) in [6, 6.07) is 4.99. The van der Waals surface area contributed by atoms with Gasteiger partial charge < -0.3 is 15.5 Å². The molecule has 1 fully saturated rings. The number of guanidine groups is 1. The van der Waals surface area contributed by atoms with Gasteiger partial charge in [-0.1, -0.05) is 0 Å². The van der Waals surface area contributed by atoms with E-state index in [0.29, 0.717) is 6.04 Å². The molecular weight excluding hydrogens is 304 g/mol. The van der Waals surface area contributed by atoms with E-state index in [4.69, 9.17) is 4.99 Å². The quantitative estimate of drug-likeness (QED) is 0.619. The van der Waals surface area contributed by atoms with E-state index in [1.54, 1.807) is 0 Å². The van der Waals surface area contributed by atoms with Crippen molar-refractivity contribution in [1.82, 2.24) is 15.5 Å². The molecule has 0 aliphatic carbocycles. The summed E-state index contributed by atoms with van der Waals surface area (Å²) < 4.78 is 0. The zero-order valence-corrected chi connectivity index (χ0v) is 15.9. The molecule has 2 heterocycles. The smallest absolute Gasteiger partial charge is 0.191 e. The molecule has 0 amide bonds. The molecule has 2 N–H and O–H groups in total. The van der Waals surface area contributed by atoms with E-state index < -0.39 is 0 Å². The highest BCUT2D eigenvalue weighted by Crippen LogP contribution is 2.18. The second kappa shape index (κ2) is 9.28. The fourth-order valence-corrected chi connectivity index (χ4v) is 3.86. The molecule has 5 heteroatoms. The van der Waals surface area contributed by atoms with Crippen LogP contribution in [0.1, 0.15) is 43.4 Å². The Morgan fingerprint density at radius 2 is 2.22 bits per heavy atom. The third-order valence-electron chi connectivity index (χ3n) is 4.37. The van der Waals surface area contributed by atoms with Crippen molar-refractivity contribution < 1.29 is 0 Å². The Labute approximate surface area is 145 Å². The van der Waals surface area contributed by atoms with Gasteiger partial charge in [-0.3, -0.25) is 0 Å². The molecule has 0 spiro atoms. The summed E-state index contributed by atoms with van der Waals surface area (Å²) in [5, 5.41) is 6.91. The van der Waals surface area contributed by atoms with Crippen molar-refractivity contribution in [2.75, 3.05) is 26.2 Å². The molecule has 1 saturated heterocycles. The summed E-state index contributed by atoms with van der Waals surface area (Å²) in [5.41, 5.74) is 0. The first-order chi connectivity index (χ1) is 11.1. The van der Waals surface area contributed by atoms with Crippen LogP contribution in [0.5, 0.6) is 0 Å². The van der Waals surface area contributed by atoms with Crippen molar-refractivity contribution in [3.8, 4) is 0 Å². The lowest BCUT2D eigenvalue weighted by Crippen LogP contribution is -2.46. The van der Waals surface area contributed by atoms with Gasteiger partial charge in [0.05, 0.1) is 6.54 Å². The van der Waals surface area contributed by atoms with Crippen molar-refractivity contribution in [1.29, 1.82) is 0 Å². The van der Waals surface area contributed by atoms with Crippen molar-refractivity contribution in [2.45, 2.75) is 53.1 Å². The Bertz CT molecular complexity index is 495. The Morgan fingerprint density at radius 3 is 2.87 bits per heavy atom. The van der Waals surface area contributed by atoms with Gasteiger partial charge in [-0.2, -0.15) is 0 Å². The van der Waals surface area contributed by atoms with Crippen LogP contribution in [-0.4, -0.2) is 43.1 Å². The molecule has 0 aromatic carbocycles. The fourth-order valence-electron chi connectivity index (χ4n) is 3.04. The summed E-state index contributed by atoms with van der Waals surface area (Å²) in [5.74, 6) is 1.67. The van der Waals surface area contributed by atoms with E-state index in [1.165, 1.54) is 35.7 Å². The largest absolute Gasteiger partial charge is 0.357 e. The molecule has 0 saturated carbocycles. The highest BCUT2D eigenvalue weighted by atomic mass is 32.1. The number of aryl methyl sites for hydroxylation is 1. The second-order valence-corrected chi connectivity index (χ2v) is 8.06. The minimum atomic E-state index is 0.654. The highest BCUT2D eigenvalue weighted by Gasteiger charge is 2.21. The van der Waals surface area contributed by atoms with Crippen LogP contribution in [0.3, 0.4) is 0 Å². The minimum absolute atomic E-state index is 0.654. The van der Waals surface area contributed by atoms with Gasteiger partial charge in [0.15, 0.2) is 5.96 Å². The predicted octanol–water partition coefficient (Wildman–Crippen LogP) is 3.23. The fraction of sp³-hybridized carbons (Fsp3) is 0.722. The zero-order valence-electron chi connectivity index (χ0n) is 15.1. The SMILES string of the molecule is CCNC(=NCc1ccc(C)s1)NCC1CCCN(C(C)C)C1. The normalized spacial score (nSPS) is 20.0. The number of thiophene rings is 1. The maximum absolute atomic E-state index is 4.73. The molecule has 1 aliphatic heterocycles. The third kappa shape index (κ3) is 6.15. The molecule has 1 atom stereocenters. The highest BCUT2D eigenvalue weighted by molar-refractivity contribution is 7.11. The lowest BCUT2D eigenvalue weighted by Gasteiger charge is -2.35. The lowest BCUT2D eigenvalue weighted by atomic mass is 9.97. The predicted molar refractivity (Wildman–Crippen MR) is 101 cm³/mol. The summed E-state index contributed by atoms with van der Waals surface area (Å²) in [6.45, 7) is 14.0. The topological polar surface area (TPSA) is 39.7 Å². The number of aliphatic imine (C=N–C) groups is 1. The monoisotopic (exact) mass is 336 g/mol. The standard InChI is InChI=1S/C18H32N4S/c1-5-19-18(21-12-17-9-8-15(4)23-17)20-11-16-7-6-10-22(13-16)14(2)3/h8-9,14,16H,5-7,10-13H2,1-4H3,(H2,19,20,21). The van der Waals surface area contributed by atoms with Crippen LogP contribution in [0.4, 0.5) is 0 Å². The van der Waals surface area contributed by atoms with Crippen LogP contribution < -0.4 is 10.6 Å².